The molecule has 2 atom stereocenters. The van der Waals surface area contributed by atoms with Gasteiger partial charge in [0.2, 0.25) is 12.1 Å². The van der Waals surface area contributed by atoms with Gasteiger partial charge in [0.15, 0.2) is 6.29 Å². The molecule has 0 aliphatic carbocycles. The molecule has 2 unspecified atom stereocenters. The SMILES string of the molecule is COC1C=CC(=O)C(OC)O1. The minimum atomic E-state index is -0.815. The van der Waals surface area contributed by atoms with Crippen molar-refractivity contribution in [2.24, 2.45) is 0 Å². The number of carbonyl (C=O) groups is 1. The van der Waals surface area contributed by atoms with E-state index in [4.69, 9.17) is 14.2 Å². The van der Waals surface area contributed by atoms with Crippen molar-refractivity contribution in [3.63, 3.8) is 0 Å². The first-order valence-corrected chi connectivity index (χ1v) is 3.21. The number of ketones is 1. The summed E-state index contributed by atoms with van der Waals surface area (Å²) in [4.78, 5) is 10.9. The van der Waals surface area contributed by atoms with E-state index in [2.05, 4.69) is 0 Å². The fraction of sp³-hybridized carbons (Fsp3) is 0.571. The summed E-state index contributed by atoms with van der Waals surface area (Å²) in [5.74, 6) is -0.194. The quantitative estimate of drug-likeness (QED) is 0.571. The highest BCUT2D eigenvalue weighted by atomic mass is 16.8. The average molecular weight is 158 g/mol. The van der Waals surface area contributed by atoms with Gasteiger partial charge in [-0.05, 0) is 12.2 Å². The minimum absolute atomic E-state index is 0.194. The molecule has 1 heterocycles. The van der Waals surface area contributed by atoms with Crippen molar-refractivity contribution in [1.29, 1.82) is 0 Å². The third kappa shape index (κ3) is 1.86. The predicted octanol–water partition coefficient (Wildman–Crippen LogP) is 0.0869. The maximum atomic E-state index is 10.9. The van der Waals surface area contributed by atoms with Crippen LogP contribution in [0.15, 0.2) is 12.2 Å². The van der Waals surface area contributed by atoms with Gasteiger partial charge in [0, 0.05) is 14.2 Å². The molecular weight excluding hydrogens is 148 g/mol. The Hall–Kier alpha value is -0.710. The smallest absolute Gasteiger partial charge is 0.224 e. The van der Waals surface area contributed by atoms with Gasteiger partial charge in [-0.2, -0.15) is 0 Å². The highest BCUT2D eigenvalue weighted by Crippen LogP contribution is 2.09. The minimum Gasteiger partial charge on any atom is -0.352 e. The highest BCUT2D eigenvalue weighted by molar-refractivity contribution is 5.93. The molecule has 0 radical (unpaired) electrons. The van der Waals surface area contributed by atoms with Crippen molar-refractivity contribution < 1.29 is 19.0 Å². The summed E-state index contributed by atoms with van der Waals surface area (Å²) in [7, 11) is 2.91. The Morgan fingerprint density at radius 2 is 2.18 bits per heavy atom. The number of carbonyl (C=O) groups excluding carboxylic acids is 1. The van der Waals surface area contributed by atoms with Crippen LogP contribution in [0.2, 0.25) is 0 Å². The lowest BCUT2D eigenvalue weighted by molar-refractivity contribution is -0.211. The first-order chi connectivity index (χ1) is 5.27. The lowest BCUT2D eigenvalue weighted by Gasteiger charge is -2.21. The number of hydrogen-bond acceptors (Lipinski definition) is 4. The van der Waals surface area contributed by atoms with E-state index in [1.807, 2.05) is 0 Å². The molecule has 4 nitrogen and oxygen atoms in total. The zero-order valence-electron chi connectivity index (χ0n) is 6.44. The molecule has 0 saturated carbocycles. The maximum absolute atomic E-state index is 10.9. The summed E-state index contributed by atoms with van der Waals surface area (Å²) in [5.41, 5.74) is 0. The lowest BCUT2D eigenvalue weighted by atomic mass is 10.3. The van der Waals surface area contributed by atoms with Crippen molar-refractivity contribution in [2.45, 2.75) is 12.6 Å². The van der Waals surface area contributed by atoms with E-state index in [1.54, 1.807) is 0 Å². The Morgan fingerprint density at radius 1 is 1.45 bits per heavy atom. The van der Waals surface area contributed by atoms with Gasteiger partial charge < -0.3 is 14.2 Å². The summed E-state index contributed by atoms with van der Waals surface area (Å²) in [5, 5.41) is 0. The van der Waals surface area contributed by atoms with Gasteiger partial charge in [-0.1, -0.05) is 0 Å². The third-order valence-corrected chi connectivity index (χ3v) is 1.35. The van der Waals surface area contributed by atoms with E-state index in [0.717, 1.165) is 0 Å². The van der Waals surface area contributed by atoms with E-state index in [-0.39, 0.29) is 5.78 Å². The molecule has 1 aliphatic rings. The second kappa shape index (κ2) is 3.61. The van der Waals surface area contributed by atoms with Crippen LogP contribution in [0.4, 0.5) is 0 Å². The van der Waals surface area contributed by atoms with Gasteiger partial charge in [0.25, 0.3) is 0 Å². The van der Waals surface area contributed by atoms with Gasteiger partial charge in [-0.15, -0.1) is 0 Å². The average Bonchev–Trinajstić information content (AvgIpc) is 2.05. The molecular formula is C7H10O4. The summed E-state index contributed by atoms with van der Waals surface area (Å²) in [6.07, 6.45) is 1.64. The van der Waals surface area contributed by atoms with Gasteiger partial charge in [-0.3, -0.25) is 4.79 Å². The van der Waals surface area contributed by atoms with E-state index in [1.165, 1.54) is 26.4 Å². The standard InChI is InChI=1S/C7H10O4/c1-9-6-4-3-5(8)7(10-2)11-6/h3-4,6-7H,1-2H3. The Morgan fingerprint density at radius 3 is 2.73 bits per heavy atom. The molecule has 0 bridgehead atoms. The second-order valence-corrected chi connectivity index (χ2v) is 2.07. The zero-order valence-corrected chi connectivity index (χ0v) is 6.44. The maximum Gasteiger partial charge on any atom is 0.224 e. The number of ether oxygens (including phenoxy) is 3. The molecule has 0 amide bonds. The van der Waals surface area contributed by atoms with Gasteiger partial charge in [-0.25, -0.2) is 0 Å². The largest absolute Gasteiger partial charge is 0.352 e. The van der Waals surface area contributed by atoms with Crippen LogP contribution in [-0.2, 0) is 19.0 Å². The van der Waals surface area contributed by atoms with Crippen LogP contribution in [0.3, 0.4) is 0 Å². The van der Waals surface area contributed by atoms with E-state index in [9.17, 15) is 4.79 Å². The van der Waals surface area contributed by atoms with E-state index in [0.29, 0.717) is 0 Å². The van der Waals surface area contributed by atoms with Crippen LogP contribution in [0.25, 0.3) is 0 Å². The first kappa shape index (κ1) is 8.39. The Balaban J connectivity index is 2.59. The molecule has 0 fully saturated rings. The zero-order chi connectivity index (χ0) is 8.27. The molecule has 0 aromatic carbocycles. The normalized spacial score (nSPS) is 30.9. The fourth-order valence-corrected chi connectivity index (χ4v) is 0.792. The number of rotatable bonds is 2. The van der Waals surface area contributed by atoms with E-state index >= 15 is 0 Å². The Kier molecular flexibility index (Phi) is 2.76. The highest BCUT2D eigenvalue weighted by Gasteiger charge is 2.24. The lowest BCUT2D eigenvalue weighted by Crippen LogP contribution is -2.33. The summed E-state index contributed by atoms with van der Waals surface area (Å²) < 4.78 is 14.6. The summed E-state index contributed by atoms with van der Waals surface area (Å²) in [6.45, 7) is 0. The molecule has 0 spiro atoms. The molecule has 0 aromatic rings. The molecule has 0 aromatic heterocycles. The van der Waals surface area contributed by atoms with Crippen LogP contribution in [0.1, 0.15) is 0 Å². The number of hydrogen-bond donors (Lipinski definition) is 0. The molecule has 1 aliphatic heterocycles. The summed E-state index contributed by atoms with van der Waals surface area (Å²) in [6, 6.07) is 0. The van der Waals surface area contributed by atoms with Crippen LogP contribution in [0.5, 0.6) is 0 Å². The molecule has 1 rings (SSSR count). The van der Waals surface area contributed by atoms with E-state index < -0.39 is 12.6 Å². The molecule has 4 heteroatoms. The van der Waals surface area contributed by atoms with Crippen molar-refractivity contribution >= 4 is 5.78 Å². The van der Waals surface area contributed by atoms with Gasteiger partial charge in [0.1, 0.15) is 0 Å². The topological polar surface area (TPSA) is 44.8 Å². The molecule has 0 saturated heterocycles. The van der Waals surface area contributed by atoms with Gasteiger partial charge >= 0.3 is 0 Å². The van der Waals surface area contributed by atoms with Crippen molar-refractivity contribution in [3.05, 3.63) is 12.2 Å². The first-order valence-electron chi connectivity index (χ1n) is 3.21. The third-order valence-electron chi connectivity index (χ3n) is 1.35. The molecule has 11 heavy (non-hydrogen) atoms. The van der Waals surface area contributed by atoms with Crippen LogP contribution < -0.4 is 0 Å². The van der Waals surface area contributed by atoms with Crippen molar-refractivity contribution in [2.75, 3.05) is 14.2 Å². The van der Waals surface area contributed by atoms with Crippen LogP contribution in [-0.4, -0.2) is 32.6 Å². The second-order valence-electron chi connectivity index (χ2n) is 2.07. The number of methoxy groups -OCH3 is 2. The molecule has 62 valence electrons. The molecule has 0 N–H and O–H groups in total. The monoisotopic (exact) mass is 158 g/mol. The Bertz CT molecular complexity index is 175. The fourth-order valence-electron chi connectivity index (χ4n) is 0.792. The van der Waals surface area contributed by atoms with Crippen LogP contribution in [0, 0.1) is 0 Å². The van der Waals surface area contributed by atoms with Crippen LogP contribution >= 0.6 is 0 Å². The predicted molar refractivity (Wildman–Crippen MR) is 36.8 cm³/mol. The van der Waals surface area contributed by atoms with Gasteiger partial charge in [0.05, 0.1) is 0 Å². The summed E-state index contributed by atoms with van der Waals surface area (Å²) >= 11 is 0. The van der Waals surface area contributed by atoms with Crippen molar-refractivity contribution in [3.8, 4) is 0 Å². The Labute approximate surface area is 64.7 Å². The van der Waals surface area contributed by atoms with Crippen molar-refractivity contribution in [1.82, 2.24) is 0 Å².